The maximum atomic E-state index is 14.0. The molecule has 37 heavy (non-hydrogen) atoms. The topological polar surface area (TPSA) is 162 Å². The molecule has 0 spiro atoms. The number of aliphatic hydroxyl groups excluding tert-OH is 3. The highest BCUT2D eigenvalue weighted by Crippen LogP contribution is 2.66. The summed E-state index contributed by atoms with van der Waals surface area (Å²) in [7, 11) is 0. The molecule has 5 N–H and O–H groups in total. The normalized spacial score (nSPS) is 39.5. The van der Waals surface area contributed by atoms with Crippen LogP contribution in [0.3, 0.4) is 0 Å². The molecule has 5 atom stereocenters. The Bertz CT molecular complexity index is 1290. The van der Waals surface area contributed by atoms with Gasteiger partial charge in [-0.05, 0) is 53.7 Å². The maximum Gasteiger partial charge on any atom is 0.217 e. The predicted octanol–water partition coefficient (Wildman–Crippen LogP) is 3.29. The minimum atomic E-state index is -2.98. The van der Waals surface area contributed by atoms with Gasteiger partial charge in [0.15, 0.2) is 17.2 Å². The highest BCUT2D eigenvalue weighted by Gasteiger charge is 2.83. The number of hydrogen-bond acceptors (Lipinski definition) is 9. The molecule has 9 heteroatoms. The molecular formula is C28H32O9. The number of aliphatic hydroxyl groups is 5. The molecule has 0 aromatic carbocycles. The van der Waals surface area contributed by atoms with Gasteiger partial charge >= 0.3 is 0 Å². The fraction of sp³-hybridized carbons (Fsp3) is 0.393. The molecule has 3 rings (SSSR count). The summed E-state index contributed by atoms with van der Waals surface area (Å²) in [5, 5.41) is 55.9. The number of ether oxygens (including phenoxy) is 1. The second kappa shape index (κ2) is 9.09. The molecule has 0 radical (unpaired) electrons. The Morgan fingerprint density at radius 2 is 1.35 bits per heavy atom. The molecule has 3 aliphatic rings. The van der Waals surface area contributed by atoms with Gasteiger partial charge in [0.25, 0.3) is 0 Å². The highest BCUT2D eigenvalue weighted by atomic mass is 16.7. The van der Waals surface area contributed by atoms with Crippen LogP contribution >= 0.6 is 0 Å². The number of fused-ring (bicyclic) bond motifs is 3. The number of rotatable bonds is 4. The first-order valence-electron chi connectivity index (χ1n) is 11.7. The van der Waals surface area contributed by atoms with E-state index in [9.17, 15) is 39.9 Å². The van der Waals surface area contributed by atoms with Crippen molar-refractivity contribution < 1.29 is 44.7 Å². The van der Waals surface area contributed by atoms with Gasteiger partial charge in [0.1, 0.15) is 28.5 Å². The zero-order valence-electron chi connectivity index (χ0n) is 21.6. The third-order valence-electron chi connectivity index (χ3n) is 7.56. The largest absolute Gasteiger partial charge is 0.508 e. The summed E-state index contributed by atoms with van der Waals surface area (Å²) in [4.78, 5) is 40.8. The molecule has 1 heterocycles. The molecule has 1 aliphatic heterocycles. The van der Waals surface area contributed by atoms with E-state index in [1.807, 2.05) is 0 Å². The van der Waals surface area contributed by atoms with Crippen LogP contribution in [0.15, 0.2) is 82.6 Å². The number of allylic oxidation sites excluding steroid dienone is 9. The second-order valence-corrected chi connectivity index (χ2v) is 9.85. The molecule has 198 valence electrons. The van der Waals surface area contributed by atoms with Crippen LogP contribution in [0.5, 0.6) is 0 Å². The van der Waals surface area contributed by atoms with Crippen LogP contribution in [0.25, 0.3) is 0 Å². The van der Waals surface area contributed by atoms with Crippen LogP contribution in [-0.4, -0.2) is 59.9 Å². The molecule has 1 saturated heterocycles. The first-order valence-corrected chi connectivity index (χ1v) is 11.7. The summed E-state index contributed by atoms with van der Waals surface area (Å²) >= 11 is 0. The van der Waals surface area contributed by atoms with Gasteiger partial charge in [0.2, 0.25) is 11.6 Å². The van der Waals surface area contributed by atoms with Gasteiger partial charge in [-0.3, -0.25) is 14.4 Å². The van der Waals surface area contributed by atoms with E-state index < -0.39 is 68.5 Å². The summed E-state index contributed by atoms with van der Waals surface area (Å²) in [5.41, 5.74) is -8.56. The molecule has 0 aromatic rings. The SMILES string of the molecule is C/C=C/C=C/C(O)=C1/C(=O)[C@](C)(O)[C@@]2(O)O[C@]3(C)C(=O)C(C)=C(O)/C(=C(O)/C=C/C=C/C)[C@@H]3[C@]2(C)C1=O. The Kier molecular flexibility index (Phi) is 6.89. The van der Waals surface area contributed by atoms with Crippen molar-refractivity contribution in [2.45, 2.75) is 58.5 Å². The fourth-order valence-corrected chi connectivity index (χ4v) is 5.62. The minimum absolute atomic E-state index is 0.211. The monoisotopic (exact) mass is 512 g/mol. The Morgan fingerprint density at radius 3 is 1.86 bits per heavy atom. The molecule has 1 saturated carbocycles. The molecule has 2 aliphatic carbocycles. The highest BCUT2D eigenvalue weighted by molar-refractivity contribution is 6.28. The van der Waals surface area contributed by atoms with Crippen LogP contribution in [-0.2, 0) is 19.1 Å². The van der Waals surface area contributed by atoms with Crippen molar-refractivity contribution >= 4 is 17.3 Å². The maximum absolute atomic E-state index is 14.0. The van der Waals surface area contributed by atoms with E-state index in [1.165, 1.54) is 45.1 Å². The lowest BCUT2D eigenvalue weighted by Gasteiger charge is -2.50. The van der Waals surface area contributed by atoms with Crippen molar-refractivity contribution in [2.75, 3.05) is 0 Å². The van der Waals surface area contributed by atoms with E-state index >= 15 is 0 Å². The van der Waals surface area contributed by atoms with Crippen LogP contribution in [0.1, 0.15) is 41.5 Å². The smallest absolute Gasteiger partial charge is 0.217 e. The van der Waals surface area contributed by atoms with Crippen LogP contribution in [0.2, 0.25) is 0 Å². The third-order valence-corrected chi connectivity index (χ3v) is 7.56. The van der Waals surface area contributed by atoms with Crippen molar-refractivity contribution in [3.8, 4) is 0 Å². The first kappa shape index (κ1) is 28.0. The number of carbonyl (C=O) groups is 3. The summed E-state index contributed by atoms with van der Waals surface area (Å²) < 4.78 is 5.82. The summed E-state index contributed by atoms with van der Waals surface area (Å²) in [5.74, 6) is -9.75. The van der Waals surface area contributed by atoms with Crippen LogP contribution in [0.4, 0.5) is 0 Å². The van der Waals surface area contributed by atoms with Crippen molar-refractivity contribution in [3.05, 3.63) is 82.6 Å². The molecule has 0 unspecified atom stereocenters. The Morgan fingerprint density at radius 1 is 0.838 bits per heavy atom. The molecular weight excluding hydrogens is 480 g/mol. The first-order chi connectivity index (χ1) is 17.1. The van der Waals surface area contributed by atoms with Crippen molar-refractivity contribution in [1.82, 2.24) is 0 Å². The van der Waals surface area contributed by atoms with Crippen molar-refractivity contribution in [3.63, 3.8) is 0 Å². The van der Waals surface area contributed by atoms with Gasteiger partial charge < -0.3 is 30.3 Å². The van der Waals surface area contributed by atoms with E-state index in [4.69, 9.17) is 4.74 Å². The lowest BCUT2D eigenvalue weighted by molar-refractivity contribution is -0.313. The predicted molar refractivity (Wildman–Crippen MR) is 134 cm³/mol. The van der Waals surface area contributed by atoms with E-state index in [0.29, 0.717) is 0 Å². The number of carbonyl (C=O) groups excluding carboxylic acids is 3. The van der Waals surface area contributed by atoms with E-state index in [2.05, 4.69) is 0 Å². The quantitative estimate of drug-likeness (QED) is 0.165. The van der Waals surface area contributed by atoms with E-state index in [0.717, 1.165) is 13.0 Å². The van der Waals surface area contributed by atoms with Crippen LogP contribution < -0.4 is 0 Å². The Balaban J connectivity index is 2.46. The van der Waals surface area contributed by atoms with Gasteiger partial charge in [-0.15, -0.1) is 0 Å². The molecule has 9 nitrogen and oxygen atoms in total. The Hall–Kier alpha value is -3.53. The summed E-state index contributed by atoms with van der Waals surface area (Å²) in [6.45, 7) is 8.07. The molecule has 0 bridgehead atoms. The lowest BCUT2D eigenvalue weighted by atomic mass is 9.52. The van der Waals surface area contributed by atoms with Gasteiger partial charge in [-0.25, -0.2) is 0 Å². The van der Waals surface area contributed by atoms with E-state index in [1.54, 1.807) is 32.1 Å². The molecule has 0 aromatic heterocycles. The minimum Gasteiger partial charge on any atom is -0.508 e. The zero-order valence-corrected chi connectivity index (χ0v) is 21.6. The van der Waals surface area contributed by atoms with Gasteiger partial charge in [-0.2, -0.15) is 0 Å². The summed E-state index contributed by atoms with van der Waals surface area (Å²) in [6, 6.07) is 0. The number of hydrogen-bond donors (Lipinski definition) is 5. The van der Waals surface area contributed by atoms with Crippen molar-refractivity contribution in [2.24, 2.45) is 11.3 Å². The summed E-state index contributed by atoms with van der Waals surface area (Å²) in [6.07, 6.45) is 11.5. The Labute approximate surface area is 214 Å². The molecule has 0 amide bonds. The van der Waals surface area contributed by atoms with Crippen LogP contribution in [0, 0.1) is 11.3 Å². The zero-order chi connectivity index (χ0) is 28.1. The standard InChI is InChI=1S/C28H32O9/c1-7-9-11-13-16(29)18-20(31)15(3)22(32)26(5)21(18)25(4)23(33)19(17(30)14-12-10-8-2)24(34)27(6,35)28(25,36)37-26/h7-14,21,29-31,35-36H,1-6H3/b9-7+,10-8+,13-11+,14-12+,18-16+,19-17-/t21-,25-,26+,27+,28+/m1/s1. The number of Topliss-reactive ketones (excluding diaryl/α,β-unsaturated/α-hetero) is 3. The van der Waals surface area contributed by atoms with Gasteiger partial charge in [-0.1, -0.05) is 36.5 Å². The fourth-order valence-electron chi connectivity index (χ4n) is 5.62. The van der Waals surface area contributed by atoms with Gasteiger partial charge in [0, 0.05) is 17.1 Å². The third kappa shape index (κ3) is 3.53. The van der Waals surface area contributed by atoms with Crippen molar-refractivity contribution in [1.29, 1.82) is 0 Å². The molecule has 2 fully saturated rings. The average Bonchev–Trinajstić information content (AvgIpc) is 3.03. The second-order valence-electron chi connectivity index (χ2n) is 9.85. The van der Waals surface area contributed by atoms with Gasteiger partial charge in [0.05, 0.1) is 5.41 Å². The average molecular weight is 513 g/mol. The number of ketones is 3. The lowest BCUT2D eigenvalue weighted by Crippen LogP contribution is -2.72. The van der Waals surface area contributed by atoms with E-state index in [-0.39, 0.29) is 11.1 Å².